The normalized spacial score (nSPS) is 26.0. The number of Topliss-reactive ketones (excluding diaryl/α,β-unsaturated/α-hetero) is 1. The highest BCUT2D eigenvalue weighted by molar-refractivity contribution is 5.97. The van der Waals surface area contributed by atoms with Crippen LogP contribution in [0.3, 0.4) is 0 Å². The second kappa shape index (κ2) is 18.0. The van der Waals surface area contributed by atoms with Crippen LogP contribution in [0.2, 0.25) is 0 Å². The molecule has 6 atom stereocenters. The summed E-state index contributed by atoms with van der Waals surface area (Å²) in [6.07, 6.45) is 21.4. The molecule has 0 aromatic heterocycles. The van der Waals surface area contributed by atoms with Gasteiger partial charge in [0.05, 0.1) is 18.8 Å². The van der Waals surface area contributed by atoms with Gasteiger partial charge in [0, 0.05) is 17.9 Å². The Balaban J connectivity index is 1.64. The number of carbonyl (C=O) groups excluding carboxylic acids is 1. The van der Waals surface area contributed by atoms with E-state index in [0.29, 0.717) is 42.6 Å². The summed E-state index contributed by atoms with van der Waals surface area (Å²) < 4.78 is 0. The first-order chi connectivity index (χ1) is 20.6. The molecule has 0 saturated carbocycles. The van der Waals surface area contributed by atoms with Crippen molar-refractivity contribution in [2.24, 2.45) is 34.5 Å². The molecule has 0 aromatic rings. The molecule has 0 saturated heterocycles. The largest absolute Gasteiger partial charge is 0.393 e. The van der Waals surface area contributed by atoms with Gasteiger partial charge in [-0.15, -0.1) is 0 Å². The van der Waals surface area contributed by atoms with Crippen LogP contribution in [0.25, 0.3) is 0 Å². The number of aliphatic hydroxyl groups excluding tert-OH is 3. The molecular weight excluding hydrogens is 544 g/mol. The molecule has 2 aliphatic carbocycles. The van der Waals surface area contributed by atoms with E-state index in [0.717, 1.165) is 36.3 Å². The minimum atomic E-state index is -0.331. The Morgan fingerprint density at radius 2 is 1.55 bits per heavy atom. The lowest BCUT2D eigenvalue weighted by Crippen LogP contribution is -2.32. The van der Waals surface area contributed by atoms with Crippen molar-refractivity contribution in [3.63, 3.8) is 0 Å². The molecule has 3 unspecified atom stereocenters. The average molecular weight is 613 g/mol. The Morgan fingerprint density at radius 3 is 2.14 bits per heavy atom. The summed E-state index contributed by atoms with van der Waals surface area (Å²) >= 11 is 0. The van der Waals surface area contributed by atoms with Crippen molar-refractivity contribution < 1.29 is 20.1 Å². The van der Waals surface area contributed by atoms with Crippen LogP contribution in [0.15, 0.2) is 46.6 Å². The van der Waals surface area contributed by atoms with Gasteiger partial charge in [-0.3, -0.25) is 4.79 Å². The Kier molecular flexibility index (Phi) is 15.8. The third-order valence-corrected chi connectivity index (χ3v) is 10.7. The van der Waals surface area contributed by atoms with Gasteiger partial charge in [0.1, 0.15) is 0 Å². The highest BCUT2D eigenvalue weighted by Crippen LogP contribution is 2.43. The number of ketones is 1. The van der Waals surface area contributed by atoms with Crippen molar-refractivity contribution in [1.29, 1.82) is 0 Å². The number of hydrogen-bond acceptors (Lipinski definition) is 4. The number of carbonyl (C=O) groups is 1. The predicted octanol–water partition coefficient (Wildman–Crippen LogP) is 9.69. The van der Waals surface area contributed by atoms with Crippen LogP contribution in [0, 0.1) is 34.5 Å². The van der Waals surface area contributed by atoms with Crippen LogP contribution < -0.4 is 0 Å². The van der Waals surface area contributed by atoms with E-state index in [1.54, 1.807) is 0 Å². The Morgan fingerprint density at radius 1 is 0.932 bits per heavy atom. The van der Waals surface area contributed by atoms with Crippen molar-refractivity contribution >= 4 is 5.78 Å². The molecule has 0 spiro atoms. The summed E-state index contributed by atoms with van der Waals surface area (Å²) in [7, 11) is 0. The maximum absolute atomic E-state index is 13.0. The molecule has 4 heteroatoms. The highest BCUT2D eigenvalue weighted by atomic mass is 16.3. The first-order valence-corrected chi connectivity index (χ1v) is 17.8. The van der Waals surface area contributed by atoms with Crippen molar-refractivity contribution in [3.05, 3.63) is 46.6 Å². The van der Waals surface area contributed by atoms with Gasteiger partial charge in [-0.05, 0) is 81.0 Å². The van der Waals surface area contributed by atoms with E-state index in [2.05, 4.69) is 67.5 Å². The Hall–Kier alpha value is -1.49. The second-order valence-corrected chi connectivity index (χ2v) is 16.2. The van der Waals surface area contributed by atoms with Crippen LogP contribution >= 0.6 is 0 Å². The molecule has 44 heavy (non-hydrogen) atoms. The summed E-state index contributed by atoms with van der Waals surface area (Å²) in [5.41, 5.74) is 4.02. The minimum absolute atomic E-state index is 0.0273. The third-order valence-electron chi connectivity index (χ3n) is 10.7. The van der Waals surface area contributed by atoms with Gasteiger partial charge in [0.2, 0.25) is 0 Å². The standard InChI is InChI=1S/C40H68O4/c1-28(16-12-17-30(3)20-21-36-31(4)22-34(42)25-39(36,6)7)14-10-11-15-29(2)18-13-19-33(27-41)38(44)24-37-32(5)23-35(43)26-40(37,8)9/h19-22,28-30,34-36,41-43H,10-18,23-27H2,1-9H3/b21-20+,33-19+/t28?,29?,30?,34-,35+,36-/m0/s1. The summed E-state index contributed by atoms with van der Waals surface area (Å²) in [6, 6.07) is 0. The molecule has 2 rings (SSSR count). The van der Waals surface area contributed by atoms with E-state index in [9.17, 15) is 20.1 Å². The maximum Gasteiger partial charge on any atom is 0.164 e. The van der Waals surface area contributed by atoms with Crippen LogP contribution in [0.4, 0.5) is 0 Å². The summed E-state index contributed by atoms with van der Waals surface area (Å²) in [5.74, 6) is 2.41. The van der Waals surface area contributed by atoms with E-state index < -0.39 is 0 Å². The number of rotatable bonds is 18. The van der Waals surface area contributed by atoms with Gasteiger partial charge in [-0.2, -0.15) is 0 Å². The molecular formula is C40H68O4. The molecule has 3 N–H and O–H groups in total. The molecule has 0 aromatic carbocycles. The second-order valence-electron chi connectivity index (χ2n) is 16.2. The molecule has 4 nitrogen and oxygen atoms in total. The molecule has 2 aliphatic rings. The van der Waals surface area contributed by atoms with Crippen LogP contribution in [0.1, 0.15) is 146 Å². The SMILES string of the molecule is CC1=C[C@H](O)CC(C)(C)[C@H]1/C=C/C(C)CCCC(C)CCCCC(C)CC/C=C(\CO)C(=O)CC1=C(C)C[C@@H](O)CC1(C)C. The fourth-order valence-electron chi connectivity index (χ4n) is 7.93. The van der Waals surface area contributed by atoms with E-state index in [1.165, 1.54) is 50.5 Å². The van der Waals surface area contributed by atoms with Crippen LogP contribution in [-0.2, 0) is 4.79 Å². The number of hydrogen-bond donors (Lipinski definition) is 3. The molecule has 0 amide bonds. The Bertz CT molecular complexity index is 1030. The number of aliphatic hydroxyl groups is 3. The molecule has 252 valence electrons. The lowest BCUT2D eigenvalue weighted by atomic mass is 9.67. The lowest BCUT2D eigenvalue weighted by molar-refractivity contribution is -0.115. The molecule has 0 fully saturated rings. The predicted molar refractivity (Wildman–Crippen MR) is 186 cm³/mol. The van der Waals surface area contributed by atoms with Crippen molar-refractivity contribution in [1.82, 2.24) is 0 Å². The van der Waals surface area contributed by atoms with Gasteiger partial charge in [-0.1, -0.05) is 128 Å². The van der Waals surface area contributed by atoms with E-state index >= 15 is 0 Å². The summed E-state index contributed by atoms with van der Waals surface area (Å²) in [5, 5.41) is 30.1. The van der Waals surface area contributed by atoms with E-state index in [-0.39, 0.29) is 35.4 Å². The van der Waals surface area contributed by atoms with Crippen molar-refractivity contribution in [3.8, 4) is 0 Å². The first kappa shape index (κ1) is 38.7. The van der Waals surface area contributed by atoms with Gasteiger partial charge in [0.15, 0.2) is 5.78 Å². The fraction of sp³-hybridized carbons (Fsp3) is 0.775. The smallest absolute Gasteiger partial charge is 0.164 e. The summed E-state index contributed by atoms with van der Waals surface area (Å²) in [6.45, 7) is 19.8. The van der Waals surface area contributed by atoms with Crippen LogP contribution in [-0.4, -0.2) is 39.9 Å². The maximum atomic E-state index is 13.0. The van der Waals surface area contributed by atoms with E-state index in [1.807, 2.05) is 19.1 Å². The van der Waals surface area contributed by atoms with Crippen molar-refractivity contribution in [2.45, 2.75) is 158 Å². The number of allylic oxidation sites excluding steroid dienone is 5. The molecule has 0 bridgehead atoms. The fourth-order valence-corrected chi connectivity index (χ4v) is 7.93. The van der Waals surface area contributed by atoms with Crippen molar-refractivity contribution in [2.75, 3.05) is 6.61 Å². The van der Waals surface area contributed by atoms with E-state index in [4.69, 9.17) is 0 Å². The minimum Gasteiger partial charge on any atom is -0.393 e. The zero-order chi connectivity index (χ0) is 33.1. The third kappa shape index (κ3) is 12.7. The van der Waals surface area contributed by atoms with Gasteiger partial charge in [-0.25, -0.2) is 0 Å². The molecule has 0 aliphatic heterocycles. The van der Waals surface area contributed by atoms with Gasteiger partial charge in [0.25, 0.3) is 0 Å². The number of unbranched alkanes of at least 4 members (excludes halogenated alkanes) is 1. The van der Waals surface area contributed by atoms with Crippen LogP contribution in [0.5, 0.6) is 0 Å². The van der Waals surface area contributed by atoms with Gasteiger partial charge >= 0.3 is 0 Å². The quantitative estimate of drug-likeness (QED) is 0.0818. The first-order valence-electron chi connectivity index (χ1n) is 17.8. The lowest BCUT2D eigenvalue weighted by Gasteiger charge is -2.39. The van der Waals surface area contributed by atoms with Gasteiger partial charge < -0.3 is 15.3 Å². The average Bonchev–Trinajstić information content (AvgIpc) is 2.89. The monoisotopic (exact) mass is 613 g/mol. The molecule has 0 heterocycles. The zero-order valence-electron chi connectivity index (χ0n) is 29.9. The zero-order valence-corrected chi connectivity index (χ0v) is 29.9. The highest BCUT2D eigenvalue weighted by Gasteiger charge is 2.35. The summed E-state index contributed by atoms with van der Waals surface area (Å²) in [4.78, 5) is 13.0. The topological polar surface area (TPSA) is 77.8 Å². The Labute approximate surface area is 271 Å². The molecule has 0 radical (unpaired) electrons.